The fourth-order valence-corrected chi connectivity index (χ4v) is 1.98. The van der Waals surface area contributed by atoms with Gasteiger partial charge >= 0.3 is 0 Å². The van der Waals surface area contributed by atoms with E-state index in [0.717, 1.165) is 17.8 Å². The first kappa shape index (κ1) is 12.5. The van der Waals surface area contributed by atoms with Gasteiger partial charge in [0.25, 0.3) is 0 Å². The second-order valence-electron chi connectivity index (χ2n) is 4.47. The standard InChI is InChI=1S/C15H15N5/c1-16-11-12-7-9-14(10-8-12)20-18-15(17-19-20)13-5-3-2-4-6-13/h2-10,16H,11H2,1H3. The van der Waals surface area contributed by atoms with Gasteiger partial charge in [0.1, 0.15) is 0 Å². The molecule has 0 saturated carbocycles. The molecule has 1 N–H and O–H groups in total. The first-order valence-corrected chi connectivity index (χ1v) is 6.46. The van der Waals surface area contributed by atoms with Crippen molar-refractivity contribution in [3.8, 4) is 17.1 Å². The van der Waals surface area contributed by atoms with E-state index in [2.05, 4.69) is 32.9 Å². The van der Waals surface area contributed by atoms with Crippen LogP contribution in [0.3, 0.4) is 0 Å². The van der Waals surface area contributed by atoms with Gasteiger partial charge in [0.2, 0.25) is 5.82 Å². The molecular weight excluding hydrogens is 250 g/mol. The minimum absolute atomic E-state index is 0.630. The lowest BCUT2D eigenvalue weighted by Crippen LogP contribution is -2.05. The molecule has 0 unspecified atom stereocenters. The number of rotatable bonds is 4. The molecule has 0 atom stereocenters. The summed E-state index contributed by atoms with van der Waals surface area (Å²) < 4.78 is 0. The lowest BCUT2D eigenvalue weighted by atomic mass is 10.2. The first-order chi connectivity index (χ1) is 9.86. The van der Waals surface area contributed by atoms with Crippen LogP contribution in [0.5, 0.6) is 0 Å². The molecule has 1 heterocycles. The smallest absolute Gasteiger partial charge is 0.205 e. The summed E-state index contributed by atoms with van der Waals surface area (Å²) in [6.07, 6.45) is 0. The number of hydrogen-bond donors (Lipinski definition) is 1. The summed E-state index contributed by atoms with van der Waals surface area (Å²) >= 11 is 0. The van der Waals surface area contributed by atoms with E-state index in [-0.39, 0.29) is 0 Å². The molecule has 5 nitrogen and oxygen atoms in total. The van der Waals surface area contributed by atoms with Crippen LogP contribution in [-0.4, -0.2) is 27.3 Å². The molecule has 0 bridgehead atoms. The summed E-state index contributed by atoms with van der Waals surface area (Å²) in [4.78, 5) is 1.55. The molecular formula is C15H15N5. The van der Waals surface area contributed by atoms with Crippen molar-refractivity contribution in [1.82, 2.24) is 25.5 Å². The highest BCUT2D eigenvalue weighted by Crippen LogP contribution is 2.14. The van der Waals surface area contributed by atoms with Gasteiger partial charge in [-0.3, -0.25) is 0 Å². The Morgan fingerprint density at radius 1 is 1.00 bits per heavy atom. The topological polar surface area (TPSA) is 55.6 Å². The number of tetrazole rings is 1. The van der Waals surface area contributed by atoms with Crippen molar-refractivity contribution in [2.24, 2.45) is 0 Å². The normalized spacial score (nSPS) is 10.7. The average Bonchev–Trinajstić information content (AvgIpc) is 2.99. The maximum absolute atomic E-state index is 4.41. The van der Waals surface area contributed by atoms with Crippen molar-refractivity contribution >= 4 is 0 Å². The third-order valence-corrected chi connectivity index (χ3v) is 2.99. The Bertz CT molecular complexity index is 673. The van der Waals surface area contributed by atoms with Crippen LogP contribution in [0.15, 0.2) is 54.6 Å². The third-order valence-electron chi connectivity index (χ3n) is 2.99. The van der Waals surface area contributed by atoms with Crippen molar-refractivity contribution in [1.29, 1.82) is 0 Å². The average molecular weight is 265 g/mol. The van der Waals surface area contributed by atoms with Crippen LogP contribution in [0.25, 0.3) is 17.1 Å². The fraction of sp³-hybridized carbons (Fsp3) is 0.133. The third kappa shape index (κ3) is 2.57. The number of aromatic nitrogens is 4. The van der Waals surface area contributed by atoms with Gasteiger partial charge in [-0.2, -0.15) is 0 Å². The summed E-state index contributed by atoms with van der Waals surface area (Å²) in [7, 11) is 1.93. The predicted octanol–water partition coefficient (Wildman–Crippen LogP) is 2.05. The number of benzene rings is 2. The Balaban J connectivity index is 1.86. The molecule has 2 aromatic carbocycles. The lowest BCUT2D eigenvalue weighted by Gasteiger charge is -2.01. The molecule has 1 aromatic heterocycles. The van der Waals surface area contributed by atoms with Crippen LogP contribution in [0, 0.1) is 0 Å². The van der Waals surface area contributed by atoms with Gasteiger partial charge in [-0.1, -0.05) is 42.5 Å². The molecule has 0 spiro atoms. The molecule has 0 aliphatic carbocycles. The van der Waals surface area contributed by atoms with Crippen molar-refractivity contribution in [2.45, 2.75) is 6.54 Å². The monoisotopic (exact) mass is 265 g/mol. The molecule has 5 heteroatoms. The second-order valence-corrected chi connectivity index (χ2v) is 4.47. The molecule has 0 amide bonds. The highest BCUT2D eigenvalue weighted by molar-refractivity contribution is 5.53. The van der Waals surface area contributed by atoms with Crippen molar-refractivity contribution in [2.75, 3.05) is 7.05 Å². The van der Waals surface area contributed by atoms with Crippen LogP contribution in [0.4, 0.5) is 0 Å². The molecule has 3 rings (SSSR count). The Morgan fingerprint density at radius 3 is 2.45 bits per heavy atom. The molecule has 0 radical (unpaired) electrons. The molecule has 0 aliphatic heterocycles. The number of nitrogens with one attached hydrogen (secondary N) is 1. The molecule has 3 aromatic rings. The highest BCUT2D eigenvalue weighted by atomic mass is 15.6. The van der Waals surface area contributed by atoms with Crippen LogP contribution in [0.2, 0.25) is 0 Å². The number of hydrogen-bond acceptors (Lipinski definition) is 4. The lowest BCUT2D eigenvalue weighted by molar-refractivity contribution is 0.719. The van der Waals surface area contributed by atoms with Crippen LogP contribution in [0.1, 0.15) is 5.56 Å². The van der Waals surface area contributed by atoms with Gasteiger partial charge in [0.15, 0.2) is 0 Å². The zero-order chi connectivity index (χ0) is 13.8. The van der Waals surface area contributed by atoms with Crippen LogP contribution >= 0.6 is 0 Å². The van der Waals surface area contributed by atoms with Crippen molar-refractivity contribution in [3.05, 3.63) is 60.2 Å². The van der Waals surface area contributed by atoms with E-state index in [0.29, 0.717) is 5.82 Å². The minimum Gasteiger partial charge on any atom is -0.316 e. The van der Waals surface area contributed by atoms with E-state index >= 15 is 0 Å². The summed E-state index contributed by atoms with van der Waals surface area (Å²) in [5.74, 6) is 0.630. The van der Waals surface area contributed by atoms with Gasteiger partial charge in [-0.25, -0.2) is 0 Å². The van der Waals surface area contributed by atoms with E-state index in [1.165, 1.54) is 5.56 Å². The number of nitrogens with zero attached hydrogens (tertiary/aromatic N) is 4. The molecule has 20 heavy (non-hydrogen) atoms. The maximum atomic E-state index is 4.41. The summed E-state index contributed by atoms with van der Waals surface area (Å²) in [5, 5.41) is 15.7. The summed E-state index contributed by atoms with van der Waals surface area (Å²) in [6, 6.07) is 17.9. The van der Waals surface area contributed by atoms with E-state index in [9.17, 15) is 0 Å². The summed E-state index contributed by atoms with van der Waals surface area (Å²) in [6.45, 7) is 0.848. The largest absolute Gasteiger partial charge is 0.316 e. The Labute approximate surface area is 117 Å². The van der Waals surface area contributed by atoms with Crippen LogP contribution in [-0.2, 0) is 6.54 Å². The zero-order valence-electron chi connectivity index (χ0n) is 11.2. The van der Waals surface area contributed by atoms with Gasteiger partial charge < -0.3 is 5.32 Å². The van der Waals surface area contributed by atoms with Gasteiger partial charge in [0, 0.05) is 12.1 Å². The fourth-order valence-electron chi connectivity index (χ4n) is 1.98. The Morgan fingerprint density at radius 2 is 1.75 bits per heavy atom. The van der Waals surface area contributed by atoms with Crippen molar-refractivity contribution < 1.29 is 0 Å². The predicted molar refractivity (Wildman–Crippen MR) is 77.4 cm³/mol. The molecule has 0 fully saturated rings. The zero-order valence-corrected chi connectivity index (χ0v) is 11.2. The highest BCUT2D eigenvalue weighted by Gasteiger charge is 2.06. The van der Waals surface area contributed by atoms with Gasteiger partial charge in [-0.05, 0) is 30.0 Å². The van der Waals surface area contributed by atoms with E-state index in [1.54, 1.807) is 4.80 Å². The van der Waals surface area contributed by atoms with Crippen molar-refractivity contribution in [3.63, 3.8) is 0 Å². The molecule has 0 aliphatic rings. The van der Waals surface area contributed by atoms with E-state index in [1.807, 2.05) is 49.5 Å². The van der Waals surface area contributed by atoms with E-state index in [4.69, 9.17) is 0 Å². The molecule has 100 valence electrons. The molecule has 0 saturated heterocycles. The maximum Gasteiger partial charge on any atom is 0.205 e. The quantitative estimate of drug-likeness (QED) is 0.784. The van der Waals surface area contributed by atoms with Crippen LogP contribution < -0.4 is 5.32 Å². The Kier molecular flexibility index (Phi) is 3.52. The summed E-state index contributed by atoms with van der Waals surface area (Å²) in [5.41, 5.74) is 3.09. The second kappa shape index (κ2) is 5.63. The Hall–Kier alpha value is -2.53. The SMILES string of the molecule is CNCc1ccc(-n2nnc(-c3ccccc3)n2)cc1. The van der Waals surface area contributed by atoms with Gasteiger partial charge in [0.05, 0.1) is 5.69 Å². The first-order valence-electron chi connectivity index (χ1n) is 6.46. The van der Waals surface area contributed by atoms with Gasteiger partial charge in [-0.15, -0.1) is 15.0 Å². The minimum atomic E-state index is 0.630. The van der Waals surface area contributed by atoms with E-state index < -0.39 is 0 Å².